The second-order valence-electron chi connectivity index (χ2n) is 10.7. The first kappa shape index (κ1) is 21.3. The third-order valence-corrected chi connectivity index (χ3v) is 7.70. The molecule has 3 nitrogen and oxygen atoms in total. The van der Waals surface area contributed by atoms with E-state index < -0.39 is 0 Å². The van der Waals surface area contributed by atoms with Gasteiger partial charge in [-0.15, -0.1) is 0 Å². The molecule has 0 atom stereocenters. The number of fused-ring (bicyclic) bond motifs is 1. The van der Waals surface area contributed by atoms with Gasteiger partial charge in [0.05, 0.1) is 17.2 Å². The van der Waals surface area contributed by atoms with E-state index in [1.54, 1.807) is 6.07 Å². The highest BCUT2D eigenvalue weighted by Crippen LogP contribution is 2.49. The average molecular weight is 432 g/mol. The number of anilines is 1. The molecule has 0 radical (unpaired) electrons. The maximum absolute atomic E-state index is 9.92. The predicted molar refractivity (Wildman–Crippen MR) is 136 cm³/mol. The van der Waals surface area contributed by atoms with Crippen LogP contribution in [0.4, 0.5) is 5.69 Å². The molecule has 0 saturated heterocycles. The lowest BCUT2D eigenvalue weighted by atomic mass is 9.69. The fourth-order valence-electron chi connectivity index (χ4n) is 5.48. The SMILES string of the molecule is CC1(C)CCN2CCC(C)(C)c3cc(C=Cc4ccc5c(C#N)cccc5c4C#N)cc1c32. The summed E-state index contributed by atoms with van der Waals surface area (Å²) in [5.41, 5.74) is 7.91. The first-order valence-corrected chi connectivity index (χ1v) is 11.7. The number of hydrogen-bond acceptors (Lipinski definition) is 3. The third kappa shape index (κ3) is 3.40. The summed E-state index contributed by atoms with van der Waals surface area (Å²) in [6, 6.07) is 18.8. The Morgan fingerprint density at radius 1 is 0.818 bits per heavy atom. The zero-order valence-corrected chi connectivity index (χ0v) is 19.9. The fourth-order valence-corrected chi connectivity index (χ4v) is 5.48. The second kappa shape index (κ2) is 7.50. The lowest BCUT2D eigenvalue weighted by Gasteiger charge is -2.48. The Morgan fingerprint density at radius 2 is 1.48 bits per heavy atom. The van der Waals surface area contributed by atoms with Crippen LogP contribution in [0.25, 0.3) is 22.9 Å². The fraction of sp³-hybridized carbons (Fsp3) is 0.333. The second-order valence-corrected chi connectivity index (χ2v) is 10.7. The van der Waals surface area contributed by atoms with Crippen molar-refractivity contribution in [2.75, 3.05) is 18.0 Å². The molecular weight excluding hydrogens is 402 g/mol. The van der Waals surface area contributed by atoms with Crippen LogP contribution in [-0.2, 0) is 10.8 Å². The molecule has 3 aromatic carbocycles. The first-order valence-electron chi connectivity index (χ1n) is 11.7. The Hall–Kier alpha value is -3.56. The molecule has 5 rings (SSSR count). The van der Waals surface area contributed by atoms with Crippen molar-refractivity contribution in [1.29, 1.82) is 10.5 Å². The van der Waals surface area contributed by atoms with Crippen LogP contribution in [0.2, 0.25) is 0 Å². The normalized spacial score (nSPS) is 18.1. The lowest BCUT2D eigenvalue weighted by Crippen LogP contribution is -2.44. The van der Waals surface area contributed by atoms with Crippen molar-refractivity contribution in [2.45, 2.75) is 51.4 Å². The quantitative estimate of drug-likeness (QED) is 0.414. The highest BCUT2D eigenvalue weighted by atomic mass is 15.2. The molecule has 3 aromatic rings. The van der Waals surface area contributed by atoms with Crippen LogP contribution in [0.1, 0.15) is 73.9 Å². The van der Waals surface area contributed by atoms with E-state index in [1.807, 2.05) is 24.3 Å². The maximum atomic E-state index is 9.92. The van der Waals surface area contributed by atoms with Gasteiger partial charge in [0, 0.05) is 29.5 Å². The molecule has 0 bridgehead atoms. The average Bonchev–Trinajstić information content (AvgIpc) is 2.80. The topological polar surface area (TPSA) is 50.8 Å². The molecule has 0 saturated carbocycles. The molecule has 0 amide bonds. The Labute approximate surface area is 196 Å². The van der Waals surface area contributed by atoms with Crippen LogP contribution in [0, 0.1) is 22.7 Å². The molecule has 0 N–H and O–H groups in total. The van der Waals surface area contributed by atoms with Crippen LogP contribution in [-0.4, -0.2) is 13.1 Å². The van der Waals surface area contributed by atoms with Gasteiger partial charge in [-0.3, -0.25) is 0 Å². The van der Waals surface area contributed by atoms with Gasteiger partial charge < -0.3 is 4.90 Å². The van der Waals surface area contributed by atoms with E-state index in [4.69, 9.17) is 0 Å². The molecule has 2 heterocycles. The molecule has 0 fully saturated rings. The molecular formula is C30H29N3. The Kier molecular flexibility index (Phi) is 4.84. The predicted octanol–water partition coefficient (Wildman–Crippen LogP) is 6.92. The van der Waals surface area contributed by atoms with Crippen molar-refractivity contribution in [3.8, 4) is 12.1 Å². The number of hydrogen-bond donors (Lipinski definition) is 0. The molecule has 2 aliphatic heterocycles. The van der Waals surface area contributed by atoms with Gasteiger partial charge in [-0.2, -0.15) is 10.5 Å². The zero-order chi connectivity index (χ0) is 23.4. The van der Waals surface area contributed by atoms with Crippen LogP contribution < -0.4 is 4.90 Å². The summed E-state index contributed by atoms with van der Waals surface area (Å²) in [6.07, 6.45) is 6.52. The van der Waals surface area contributed by atoms with Gasteiger partial charge >= 0.3 is 0 Å². The van der Waals surface area contributed by atoms with Crippen molar-refractivity contribution < 1.29 is 0 Å². The Morgan fingerprint density at radius 3 is 2.09 bits per heavy atom. The first-order chi connectivity index (χ1) is 15.7. The van der Waals surface area contributed by atoms with Crippen LogP contribution in [0.15, 0.2) is 42.5 Å². The minimum atomic E-state index is 0.145. The van der Waals surface area contributed by atoms with Gasteiger partial charge in [0.2, 0.25) is 0 Å². The molecule has 2 aliphatic rings. The van der Waals surface area contributed by atoms with Crippen molar-refractivity contribution in [3.63, 3.8) is 0 Å². The standard InChI is InChI=1S/C30H29N3/c1-29(2)12-14-33-15-13-30(3,4)27-17-20(16-26(29)28(27)33)8-9-21-10-11-23-22(18-31)6-5-7-24(23)25(21)19-32/h5-11,16-17H,12-15H2,1-4H3. The molecule has 0 aromatic heterocycles. The molecule has 0 unspecified atom stereocenters. The molecule has 0 spiro atoms. The highest BCUT2D eigenvalue weighted by molar-refractivity contribution is 5.95. The van der Waals surface area contributed by atoms with Crippen LogP contribution in [0.3, 0.4) is 0 Å². The molecule has 164 valence electrons. The molecule has 0 aliphatic carbocycles. The Balaban J connectivity index is 1.64. The van der Waals surface area contributed by atoms with E-state index >= 15 is 0 Å². The molecule has 33 heavy (non-hydrogen) atoms. The van der Waals surface area contributed by atoms with Gasteiger partial charge in [0.15, 0.2) is 0 Å². The van der Waals surface area contributed by atoms with Gasteiger partial charge in [-0.1, -0.05) is 64.1 Å². The van der Waals surface area contributed by atoms with Crippen molar-refractivity contribution in [1.82, 2.24) is 0 Å². The summed E-state index contributed by atoms with van der Waals surface area (Å²) in [6.45, 7) is 11.7. The van der Waals surface area contributed by atoms with Crippen LogP contribution in [0.5, 0.6) is 0 Å². The largest absolute Gasteiger partial charge is 0.371 e. The van der Waals surface area contributed by atoms with E-state index in [1.165, 1.54) is 22.4 Å². The molecule has 3 heteroatoms. The van der Waals surface area contributed by atoms with Crippen molar-refractivity contribution in [3.05, 3.63) is 75.8 Å². The summed E-state index contributed by atoms with van der Waals surface area (Å²) in [5.74, 6) is 0. The summed E-state index contributed by atoms with van der Waals surface area (Å²) in [7, 11) is 0. The van der Waals surface area contributed by atoms with Gasteiger partial charge in [-0.05, 0) is 64.1 Å². The summed E-state index contributed by atoms with van der Waals surface area (Å²) < 4.78 is 0. The minimum Gasteiger partial charge on any atom is -0.371 e. The smallest absolute Gasteiger partial charge is 0.100 e. The van der Waals surface area contributed by atoms with E-state index in [0.29, 0.717) is 11.1 Å². The maximum Gasteiger partial charge on any atom is 0.100 e. The van der Waals surface area contributed by atoms with E-state index in [9.17, 15) is 10.5 Å². The minimum absolute atomic E-state index is 0.145. The van der Waals surface area contributed by atoms with E-state index in [2.05, 4.69) is 69.0 Å². The van der Waals surface area contributed by atoms with Crippen LogP contribution >= 0.6 is 0 Å². The van der Waals surface area contributed by atoms with Crippen molar-refractivity contribution in [2.24, 2.45) is 0 Å². The number of nitrogens with zero attached hydrogens (tertiary/aromatic N) is 3. The lowest BCUT2D eigenvalue weighted by molar-refractivity contribution is 0.401. The van der Waals surface area contributed by atoms with Gasteiger partial charge in [-0.25, -0.2) is 0 Å². The summed E-state index contributed by atoms with van der Waals surface area (Å²) in [4.78, 5) is 2.58. The summed E-state index contributed by atoms with van der Waals surface area (Å²) >= 11 is 0. The third-order valence-electron chi connectivity index (χ3n) is 7.70. The zero-order valence-electron chi connectivity index (χ0n) is 19.9. The van der Waals surface area contributed by atoms with Crippen molar-refractivity contribution >= 4 is 28.6 Å². The number of nitriles is 2. The summed E-state index contributed by atoms with van der Waals surface area (Å²) in [5, 5.41) is 21.0. The van der Waals surface area contributed by atoms with E-state index in [0.717, 1.165) is 42.3 Å². The van der Waals surface area contributed by atoms with Gasteiger partial charge in [0.1, 0.15) is 6.07 Å². The Bertz CT molecular complexity index is 1350. The van der Waals surface area contributed by atoms with Gasteiger partial charge in [0.25, 0.3) is 0 Å². The van der Waals surface area contributed by atoms with E-state index in [-0.39, 0.29) is 10.8 Å². The number of benzene rings is 3. The monoisotopic (exact) mass is 431 g/mol. The number of rotatable bonds is 2. The highest BCUT2D eigenvalue weighted by Gasteiger charge is 2.39.